The third kappa shape index (κ3) is 4.24. The first-order valence-electron chi connectivity index (χ1n) is 7.96. The van der Waals surface area contributed by atoms with E-state index in [9.17, 15) is 19.7 Å². The molecule has 0 radical (unpaired) electrons. The van der Waals surface area contributed by atoms with Crippen molar-refractivity contribution in [3.8, 4) is 0 Å². The Bertz CT molecular complexity index is 840. The Labute approximate surface area is 150 Å². The molecule has 1 aromatic heterocycles. The van der Waals surface area contributed by atoms with Crippen molar-refractivity contribution in [2.24, 2.45) is 0 Å². The van der Waals surface area contributed by atoms with Crippen molar-refractivity contribution in [3.05, 3.63) is 56.9 Å². The molecule has 0 aliphatic rings. The summed E-state index contributed by atoms with van der Waals surface area (Å²) in [4.78, 5) is 35.9. The van der Waals surface area contributed by atoms with Crippen molar-refractivity contribution in [2.75, 3.05) is 14.1 Å². The van der Waals surface area contributed by atoms with E-state index in [4.69, 9.17) is 0 Å². The molecule has 9 heteroatoms. The number of hydrogen-bond acceptors (Lipinski definition) is 5. The highest BCUT2D eigenvalue weighted by molar-refractivity contribution is 5.93. The molecule has 0 aliphatic carbocycles. The molecule has 26 heavy (non-hydrogen) atoms. The molecule has 0 aliphatic heterocycles. The fourth-order valence-corrected chi connectivity index (χ4v) is 2.52. The van der Waals surface area contributed by atoms with Crippen molar-refractivity contribution in [1.82, 2.24) is 20.0 Å². The summed E-state index contributed by atoms with van der Waals surface area (Å²) in [5.74, 6) is -0.398. The number of benzene rings is 1. The van der Waals surface area contributed by atoms with Gasteiger partial charge in [0.1, 0.15) is 17.9 Å². The Kier molecular flexibility index (Phi) is 5.71. The maximum absolute atomic E-state index is 12.1. The van der Waals surface area contributed by atoms with Gasteiger partial charge in [0.25, 0.3) is 5.91 Å². The van der Waals surface area contributed by atoms with E-state index in [0.717, 1.165) is 5.56 Å². The molecule has 0 atom stereocenters. The van der Waals surface area contributed by atoms with Crippen LogP contribution in [-0.2, 0) is 17.9 Å². The van der Waals surface area contributed by atoms with Crippen molar-refractivity contribution < 1.29 is 14.5 Å². The minimum atomic E-state index is -0.497. The monoisotopic (exact) mass is 359 g/mol. The molecule has 2 rings (SSSR count). The van der Waals surface area contributed by atoms with E-state index in [1.165, 1.54) is 16.5 Å². The van der Waals surface area contributed by atoms with Gasteiger partial charge in [-0.3, -0.25) is 24.4 Å². The zero-order valence-electron chi connectivity index (χ0n) is 15.1. The van der Waals surface area contributed by atoms with Gasteiger partial charge in [0.05, 0.1) is 4.92 Å². The Balaban J connectivity index is 1.96. The normalized spacial score (nSPS) is 10.5. The fourth-order valence-electron chi connectivity index (χ4n) is 2.52. The van der Waals surface area contributed by atoms with E-state index >= 15 is 0 Å². The van der Waals surface area contributed by atoms with Crippen molar-refractivity contribution in [2.45, 2.75) is 26.9 Å². The molecule has 2 aromatic rings. The third-order valence-corrected chi connectivity index (χ3v) is 3.92. The topological polar surface area (TPSA) is 110 Å². The second-order valence-electron chi connectivity index (χ2n) is 6.11. The fraction of sp³-hybridized carbons (Fsp3) is 0.353. The van der Waals surface area contributed by atoms with Gasteiger partial charge < -0.3 is 10.2 Å². The third-order valence-electron chi connectivity index (χ3n) is 3.92. The van der Waals surface area contributed by atoms with Gasteiger partial charge >= 0.3 is 5.69 Å². The number of rotatable bonds is 6. The molecule has 9 nitrogen and oxygen atoms in total. The van der Waals surface area contributed by atoms with Crippen LogP contribution in [0.1, 0.15) is 27.3 Å². The largest absolute Gasteiger partial charge is 0.350 e. The minimum absolute atomic E-state index is 0.0704. The van der Waals surface area contributed by atoms with E-state index in [2.05, 4.69) is 10.4 Å². The average Bonchev–Trinajstić information content (AvgIpc) is 2.86. The van der Waals surface area contributed by atoms with Crippen molar-refractivity contribution in [3.63, 3.8) is 0 Å². The van der Waals surface area contributed by atoms with E-state index in [0.29, 0.717) is 11.3 Å². The molecule has 0 saturated carbocycles. The molecule has 2 amide bonds. The average molecular weight is 359 g/mol. The summed E-state index contributed by atoms with van der Waals surface area (Å²) in [5, 5.41) is 17.8. The van der Waals surface area contributed by atoms with Crippen LogP contribution in [-0.4, -0.2) is 45.5 Å². The number of aryl methyl sites for hydroxylation is 1. The molecule has 1 heterocycles. The summed E-state index contributed by atoms with van der Waals surface area (Å²) in [7, 11) is 3.36. The van der Waals surface area contributed by atoms with Gasteiger partial charge in [-0.2, -0.15) is 5.10 Å². The van der Waals surface area contributed by atoms with E-state index in [1.54, 1.807) is 45.3 Å². The van der Waals surface area contributed by atoms with Crippen LogP contribution in [0, 0.1) is 24.0 Å². The summed E-state index contributed by atoms with van der Waals surface area (Å²) in [6.45, 7) is 3.29. The summed E-state index contributed by atoms with van der Waals surface area (Å²) in [5.41, 5.74) is 1.96. The van der Waals surface area contributed by atoms with Crippen LogP contribution in [0.3, 0.4) is 0 Å². The molecule has 1 aromatic carbocycles. The smallest absolute Gasteiger partial charge is 0.312 e. The maximum atomic E-state index is 12.1. The lowest BCUT2D eigenvalue weighted by atomic mass is 10.1. The second-order valence-corrected chi connectivity index (χ2v) is 6.11. The summed E-state index contributed by atoms with van der Waals surface area (Å²) < 4.78 is 1.32. The summed E-state index contributed by atoms with van der Waals surface area (Å²) >= 11 is 0. The van der Waals surface area contributed by atoms with Crippen LogP contribution in [0.5, 0.6) is 0 Å². The number of amides is 2. The number of hydrogen-bond donors (Lipinski definition) is 1. The van der Waals surface area contributed by atoms with Crippen LogP contribution in [0.25, 0.3) is 0 Å². The Morgan fingerprint density at radius 3 is 2.35 bits per heavy atom. The zero-order valence-corrected chi connectivity index (χ0v) is 15.1. The first-order valence-corrected chi connectivity index (χ1v) is 7.96. The lowest BCUT2D eigenvalue weighted by Gasteiger charge is -2.11. The Hall–Kier alpha value is -3.23. The molecular weight excluding hydrogens is 338 g/mol. The predicted molar refractivity (Wildman–Crippen MR) is 94.7 cm³/mol. The zero-order chi connectivity index (χ0) is 19.4. The van der Waals surface area contributed by atoms with Crippen molar-refractivity contribution >= 4 is 17.5 Å². The number of carbonyl (C=O) groups excluding carboxylic acids is 2. The molecule has 0 bridgehead atoms. The SMILES string of the molecule is Cc1nn(CC(=O)NCc2ccc(C(=O)N(C)C)cc2)c(C)c1[N+](=O)[O-]. The summed E-state index contributed by atoms with van der Waals surface area (Å²) in [6, 6.07) is 6.94. The van der Waals surface area contributed by atoms with Gasteiger partial charge in [-0.15, -0.1) is 0 Å². The predicted octanol–water partition coefficient (Wildman–Crippen LogP) is 1.43. The number of nitrogens with one attached hydrogen (secondary N) is 1. The van der Waals surface area contributed by atoms with E-state index < -0.39 is 4.92 Å². The van der Waals surface area contributed by atoms with Gasteiger partial charge in [-0.1, -0.05) is 12.1 Å². The first kappa shape index (κ1) is 19.1. The molecule has 138 valence electrons. The first-order chi connectivity index (χ1) is 12.2. The van der Waals surface area contributed by atoms with Gasteiger partial charge in [-0.25, -0.2) is 0 Å². The maximum Gasteiger partial charge on any atom is 0.312 e. The highest BCUT2D eigenvalue weighted by atomic mass is 16.6. The standard InChI is InChI=1S/C17H21N5O4/c1-11-16(22(25)26)12(2)21(19-11)10-15(23)18-9-13-5-7-14(8-6-13)17(24)20(3)4/h5-8H,9-10H2,1-4H3,(H,18,23). The van der Waals surface area contributed by atoms with Gasteiger partial charge in [0.15, 0.2) is 0 Å². The lowest BCUT2D eigenvalue weighted by molar-refractivity contribution is -0.386. The molecule has 0 saturated heterocycles. The van der Waals surface area contributed by atoms with Crippen LogP contribution < -0.4 is 5.32 Å². The molecule has 0 unspecified atom stereocenters. The van der Waals surface area contributed by atoms with Crippen LogP contribution in [0.15, 0.2) is 24.3 Å². The highest BCUT2D eigenvalue weighted by Gasteiger charge is 2.22. The van der Waals surface area contributed by atoms with Crippen LogP contribution in [0.4, 0.5) is 5.69 Å². The highest BCUT2D eigenvalue weighted by Crippen LogP contribution is 2.21. The number of carbonyl (C=O) groups is 2. The quantitative estimate of drug-likeness (QED) is 0.619. The Morgan fingerprint density at radius 2 is 1.85 bits per heavy atom. The van der Waals surface area contributed by atoms with E-state index in [1.807, 2.05) is 0 Å². The molecule has 1 N–H and O–H groups in total. The number of nitrogens with zero attached hydrogens (tertiary/aromatic N) is 4. The minimum Gasteiger partial charge on any atom is -0.350 e. The second kappa shape index (κ2) is 7.77. The Morgan fingerprint density at radius 1 is 1.23 bits per heavy atom. The van der Waals surface area contributed by atoms with Gasteiger partial charge in [-0.05, 0) is 31.5 Å². The molecule has 0 spiro atoms. The lowest BCUT2D eigenvalue weighted by Crippen LogP contribution is -2.28. The van der Waals surface area contributed by atoms with Crippen LogP contribution >= 0.6 is 0 Å². The summed E-state index contributed by atoms with van der Waals surface area (Å²) in [6.07, 6.45) is 0. The molecule has 0 fully saturated rings. The van der Waals surface area contributed by atoms with Crippen molar-refractivity contribution in [1.29, 1.82) is 0 Å². The molecular formula is C17H21N5O4. The van der Waals surface area contributed by atoms with Gasteiger partial charge in [0, 0.05) is 26.2 Å². The number of nitro groups is 1. The number of aromatic nitrogens is 2. The van der Waals surface area contributed by atoms with Gasteiger partial charge in [0.2, 0.25) is 5.91 Å². The van der Waals surface area contributed by atoms with Crippen LogP contribution in [0.2, 0.25) is 0 Å². The van der Waals surface area contributed by atoms with E-state index in [-0.39, 0.29) is 36.3 Å².